The van der Waals surface area contributed by atoms with E-state index in [-0.39, 0.29) is 12.2 Å². The van der Waals surface area contributed by atoms with E-state index in [4.69, 9.17) is 10.7 Å². The molecule has 0 fully saturated rings. The lowest BCUT2D eigenvalue weighted by atomic mass is 10.2. The lowest BCUT2D eigenvalue weighted by molar-refractivity contribution is 0.606. The van der Waals surface area contributed by atoms with E-state index in [0.717, 1.165) is 0 Å². The zero-order chi connectivity index (χ0) is 10.8. The smallest absolute Gasteiger partial charge is 0.212 e. The van der Waals surface area contributed by atoms with Crippen molar-refractivity contribution in [2.45, 2.75) is 6.42 Å². The van der Waals surface area contributed by atoms with E-state index in [9.17, 15) is 12.8 Å². The quantitative estimate of drug-likeness (QED) is 0.805. The van der Waals surface area contributed by atoms with Gasteiger partial charge in [0.05, 0.1) is 10.2 Å². The van der Waals surface area contributed by atoms with Crippen LogP contribution in [0.15, 0.2) is 22.7 Å². The fourth-order valence-electron chi connectivity index (χ4n) is 0.973. The van der Waals surface area contributed by atoms with E-state index in [0.29, 0.717) is 10.0 Å². The van der Waals surface area contributed by atoms with Crippen molar-refractivity contribution in [3.05, 3.63) is 34.1 Å². The van der Waals surface area contributed by atoms with E-state index in [1.54, 1.807) is 6.07 Å². The number of rotatable bonds is 3. The van der Waals surface area contributed by atoms with Crippen LogP contribution in [0.2, 0.25) is 0 Å². The van der Waals surface area contributed by atoms with Gasteiger partial charge >= 0.3 is 0 Å². The van der Waals surface area contributed by atoms with Crippen molar-refractivity contribution in [2.24, 2.45) is 0 Å². The summed E-state index contributed by atoms with van der Waals surface area (Å²) >= 11 is 3.04. The maximum atomic E-state index is 13.0. The molecule has 0 aliphatic heterocycles. The van der Waals surface area contributed by atoms with Gasteiger partial charge in [0, 0.05) is 10.7 Å². The average molecular weight is 302 g/mol. The summed E-state index contributed by atoms with van der Waals surface area (Å²) in [5.74, 6) is -0.606. The third-order valence-corrected chi connectivity index (χ3v) is 3.69. The van der Waals surface area contributed by atoms with Crippen LogP contribution in [-0.4, -0.2) is 14.2 Å². The largest absolute Gasteiger partial charge is 0.232 e. The molecule has 0 saturated heterocycles. The first-order valence-corrected chi connectivity index (χ1v) is 7.02. The molecule has 2 nitrogen and oxygen atoms in total. The molecule has 78 valence electrons. The second-order valence-electron chi connectivity index (χ2n) is 2.71. The van der Waals surface area contributed by atoms with Gasteiger partial charge in [0.1, 0.15) is 5.82 Å². The van der Waals surface area contributed by atoms with Crippen LogP contribution in [0.1, 0.15) is 5.56 Å². The highest BCUT2D eigenvalue weighted by Crippen LogP contribution is 2.21. The topological polar surface area (TPSA) is 34.1 Å². The molecule has 0 heterocycles. The van der Waals surface area contributed by atoms with Crippen LogP contribution in [0.5, 0.6) is 0 Å². The predicted molar refractivity (Wildman–Crippen MR) is 57.4 cm³/mol. The molecule has 0 saturated carbocycles. The van der Waals surface area contributed by atoms with Gasteiger partial charge in [-0.25, -0.2) is 12.8 Å². The Morgan fingerprint density at radius 3 is 2.64 bits per heavy atom. The maximum absolute atomic E-state index is 13.0. The van der Waals surface area contributed by atoms with E-state index in [1.165, 1.54) is 12.1 Å². The Morgan fingerprint density at radius 1 is 1.43 bits per heavy atom. The summed E-state index contributed by atoms with van der Waals surface area (Å²) < 4.78 is 34.6. The monoisotopic (exact) mass is 300 g/mol. The normalized spacial score (nSPS) is 11.6. The molecule has 0 aliphatic rings. The first-order chi connectivity index (χ1) is 6.40. The van der Waals surface area contributed by atoms with Gasteiger partial charge in [-0.2, -0.15) is 0 Å². The van der Waals surface area contributed by atoms with Crippen LogP contribution in [0.4, 0.5) is 4.39 Å². The number of benzene rings is 1. The molecule has 0 unspecified atom stereocenters. The fourth-order valence-corrected chi connectivity index (χ4v) is 2.13. The summed E-state index contributed by atoms with van der Waals surface area (Å²) in [6.45, 7) is 0. The highest BCUT2D eigenvalue weighted by Gasteiger charge is 2.09. The molecular formula is C8H7BrClFO2S. The van der Waals surface area contributed by atoms with E-state index in [2.05, 4.69) is 15.9 Å². The third-order valence-electron chi connectivity index (χ3n) is 1.65. The molecule has 0 aliphatic carbocycles. The first-order valence-electron chi connectivity index (χ1n) is 3.75. The summed E-state index contributed by atoms with van der Waals surface area (Å²) in [4.78, 5) is 0. The van der Waals surface area contributed by atoms with Crippen LogP contribution in [0.25, 0.3) is 0 Å². The summed E-state index contributed by atoms with van der Waals surface area (Å²) in [5.41, 5.74) is 0.592. The highest BCUT2D eigenvalue weighted by molar-refractivity contribution is 9.10. The fraction of sp³-hybridized carbons (Fsp3) is 0.250. The molecule has 0 amide bonds. The molecule has 0 bridgehead atoms. The first kappa shape index (κ1) is 11.9. The van der Waals surface area contributed by atoms with Gasteiger partial charge in [0.25, 0.3) is 0 Å². The van der Waals surface area contributed by atoms with Crippen molar-refractivity contribution >= 4 is 35.7 Å². The summed E-state index contributed by atoms with van der Waals surface area (Å²) in [6.07, 6.45) is 0.199. The number of aryl methyl sites for hydroxylation is 1. The highest BCUT2D eigenvalue weighted by atomic mass is 79.9. The Labute approximate surface area is 94.6 Å². The van der Waals surface area contributed by atoms with Crippen LogP contribution >= 0.6 is 26.6 Å². The number of hydrogen-bond donors (Lipinski definition) is 0. The van der Waals surface area contributed by atoms with Crippen molar-refractivity contribution in [2.75, 3.05) is 5.75 Å². The Morgan fingerprint density at radius 2 is 2.07 bits per heavy atom. The van der Waals surface area contributed by atoms with Gasteiger partial charge in [0.15, 0.2) is 0 Å². The number of halogens is 3. The van der Waals surface area contributed by atoms with Gasteiger partial charge in [-0.15, -0.1) is 0 Å². The van der Waals surface area contributed by atoms with E-state index >= 15 is 0 Å². The second-order valence-corrected chi connectivity index (χ2v) is 6.40. The summed E-state index contributed by atoms with van der Waals surface area (Å²) in [7, 11) is 1.52. The van der Waals surface area contributed by atoms with Crippen LogP contribution in [0.3, 0.4) is 0 Å². The lowest BCUT2D eigenvalue weighted by Crippen LogP contribution is -2.02. The van der Waals surface area contributed by atoms with Crippen molar-refractivity contribution in [1.29, 1.82) is 0 Å². The molecule has 0 aromatic heterocycles. The minimum absolute atomic E-state index is 0.198. The average Bonchev–Trinajstić information content (AvgIpc) is 2.06. The standard InChI is InChI=1S/C8H7BrClFO2S/c9-8-6(2-1-3-7(8)11)4-5-14(10,12)13/h1-3H,4-5H2. The van der Waals surface area contributed by atoms with Crippen molar-refractivity contribution in [3.63, 3.8) is 0 Å². The zero-order valence-electron chi connectivity index (χ0n) is 7.00. The molecule has 1 aromatic rings. The van der Waals surface area contributed by atoms with E-state index < -0.39 is 14.9 Å². The third kappa shape index (κ3) is 3.55. The Hall–Kier alpha value is -0.130. The van der Waals surface area contributed by atoms with Crippen molar-refractivity contribution in [1.82, 2.24) is 0 Å². The maximum Gasteiger partial charge on any atom is 0.232 e. The van der Waals surface area contributed by atoms with Crippen molar-refractivity contribution < 1.29 is 12.8 Å². The van der Waals surface area contributed by atoms with Gasteiger partial charge in [-0.3, -0.25) is 0 Å². The Kier molecular flexibility index (Phi) is 3.92. The molecule has 6 heteroatoms. The Bertz CT molecular complexity index is 433. The van der Waals surface area contributed by atoms with Gasteiger partial charge in [-0.05, 0) is 34.0 Å². The molecule has 1 rings (SSSR count). The van der Waals surface area contributed by atoms with Gasteiger partial charge in [-0.1, -0.05) is 12.1 Å². The SMILES string of the molecule is O=S(=O)(Cl)CCc1cccc(F)c1Br. The Balaban J connectivity index is 2.83. The molecular weight excluding hydrogens is 295 g/mol. The molecule has 0 radical (unpaired) electrons. The molecule has 0 spiro atoms. The predicted octanol–water partition coefficient (Wildman–Crippen LogP) is 2.70. The van der Waals surface area contributed by atoms with Crippen molar-refractivity contribution in [3.8, 4) is 0 Å². The number of hydrogen-bond acceptors (Lipinski definition) is 2. The molecule has 1 aromatic carbocycles. The van der Waals surface area contributed by atoms with Crippen LogP contribution in [-0.2, 0) is 15.5 Å². The zero-order valence-corrected chi connectivity index (χ0v) is 10.2. The summed E-state index contributed by atoms with van der Waals surface area (Å²) in [6, 6.07) is 4.47. The molecule has 0 atom stereocenters. The second kappa shape index (κ2) is 4.59. The van der Waals surface area contributed by atoms with Crippen LogP contribution in [0, 0.1) is 5.82 Å². The minimum atomic E-state index is -3.52. The van der Waals surface area contributed by atoms with Gasteiger partial charge in [0.2, 0.25) is 9.05 Å². The molecule has 14 heavy (non-hydrogen) atoms. The van der Waals surface area contributed by atoms with E-state index in [1.807, 2.05) is 0 Å². The van der Waals surface area contributed by atoms with Crippen LogP contribution < -0.4 is 0 Å². The summed E-state index contributed by atoms with van der Waals surface area (Å²) in [5, 5.41) is 0. The minimum Gasteiger partial charge on any atom is -0.212 e. The lowest BCUT2D eigenvalue weighted by Gasteiger charge is -2.03. The van der Waals surface area contributed by atoms with Gasteiger partial charge < -0.3 is 0 Å². The molecule has 0 N–H and O–H groups in total.